The molecular weight excluding hydrogens is 599 g/mol. The Morgan fingerprint density at radius 2 is 2.17 bits per heavy atom. The van der Waals surface area contributed by atoms with Crippen molar-refractivity contribution in [3.8, 4) is 11.3 Å². The van der Waals surface area contributed by atoms with Gasteiger partial charge in [-0.15, -0.1) is 16.9 Å². The number of aliphatic hydroxyl groups is 1. The van der Waals surface area contributed by atoms with E-state index in [4.69, 9.17) is 11.6 Å². The zero-order valence-corrected chi connectivity index (χ0v) is 23.6. The number of hydrazone groups is 1. The van der Waals surface area contributed by atoms with Crippen molar-refractivity contribution in [3.63, 3.8) is 0 Å². The first-order valence-electron chi connectivity index (χ1n) is 12.2. The molecule has 3 aliphatic rings. The molecule has 3 aromatic rings. The number of H-pyrrole nitrogens is 1. The van der Waals surface area contributed by atoms with Gasteiger partial charge in [-0.25, -0.2) is 33.1 Å². The van der Waals surface area contributed by atoms with E-state index in [0.29, 0.717) is 40.2 Å². The summed E-state index contributed by atoms with van der Waals surface area (Å²) in [6.07, 6.45) is 8.56. The SMILES string of the molecule is CS(=O)(=O)NC(=O)c1scc(-c2cnc(C3(O)CCc4cc(C5=C(N6C=NNN6)CCC(Cl)=C5)c[n+]([O-])c43)[nH]2)c1F. The lowest BCUT2D eigenvalue weighted by Crippen LogP contribution is -2.42. The maximum atomic E-state index is 15.1. The molecule has 17 heteroatoms. The fourth-order valence-electron chi connectivity index (χ4n) is 5.16. The van der Waals surface area contributed by atoms with Crippen molar-refractivity contribution in [1.82, 2.24) is 30.8 Å². The number of hydrogen-bond acceptors (Lipinski definition) is 11. The Kier molecular flexibility index (Phi) is 6.61. The second-order valence-electron chi connectivity index (χ2n) is 9.72. The smallest absolute Gasteiger partial charge is 0.277 e. The van der Waals surface area contributed by atoms with Crippen LogP contribution in [0.2, 0.25) is 0 Å². The van der Waals surface area contributed by atoms with Gasteiger partial charge in [-0.05, 0) is 37.8 Å². The minimum Gasteiger partial charge on any atom is -0.618 e. The summed E-state index contributed by atoms with van der Waals surface area (Å²) in [4.78, 5) is 18.9. The zero-order chi connectivity index (χ0) is 29.1. The third-order valence-electron chi connectivity index (χ3n) is 6.95. The van der Waals surface area contributed by atoms with Crippen molar-refractivity contribution in [2.45, 2.75) is 31.3 Å². The molecule has 0 spiro atoms. The molecule has 1 unspecified atom stereocenters. The summed E-state index contributed by atoms with van der Waals surface area (Å²) in [5.41, 5.74) is 6.77. The Morgan fingerprint density at radius 1 is 1.37 bits per heavy atom. The van der Waals surface area contributed by atoms with E-state index in [1.807, 2.05) is 6.07 Å². The normalized spacial score (nSPS) is 20.3. The number of amides is 1. The summed E-state index contributed by atoms with van der Waals surface area (Å²) >= 11 is 7.07. The lowest BCUT2D eigenvalue weighted by molar-refractivity contribution is -0.621. The topological polar surface area (TPSA) is 179 Å². The molecule has 3 aromatic heterocycles. The molecule has 4 heterocycles. The largest absolute Gasteiger partial charge is 0.618 e. The number of sulfonamides is 1. The number of pyridine rings is 1. The molecule has 2 aliphatic carbocycles. The molecule has 0 fully saturated rings. The molecule has 0 saturated heterocycles. The summed E-state index contributed by atoms with van der Waals surface area (Å²) in [6, 6.07) is 1.83. The van der Waals surface area contributed by atoms with Crippen molar-refractivity contribution in [1.29, 1.82) is 0 Å². The van der Waals surface area contributed by atoms with Crippen LogP contribution < -0.4 is 20.5 Å². The van der Waals surface area contributed by atoms with Crippen LogP contribution in [0.15, 0.2) is 45.7 Å². The number of nitrogens with one attached hydrogen (secondary N) is 4. The van der Waals surface area contributed by atoms with Crippen LogP contribution in [-0.2, 0) is 22.0 Å². The number of rotatable bonds is 6. The Labute approximate surface area is 241 Å². The number of aromatic amines is 1. The standard InChI is InChI=1S/C24H22ClFN8O5S2/c1-41(38,39)30-22(35)20-19(26)16(10-40-20)17-8-27-23(29-17)24(36)5-4-12-6-13(9-34(37)21(12)24)15-7-14(25)2-3-18(15)33-11-28-31-32-33/h6-11,31-32,36H,2-5H2,1H3,(H,27,29)(H,30,35). The fourth-order valence-corrected chi connectivity index (χ4v) is 6.70. The van der Waals surface area contributed by atoms with Crippen LogP contribution in [0.3, 0.4) is 0 Å². The lowest BCUT2D eigenvalue weighted by Gasteiger charge is -2.25. The van der Waals surface area contributed by atoms with Crippen LogP contribution in [0.5, 0.6) is 0 Å². The molecule has 0 saturated carbocycles. The van der Waals surface area contributed by atoms with Crippen molar-refractivity contribution in [2.75, 3.05) is 6.26 Å². The predicted molar refractivity (Wildman–Crippen MR) is 148 cm³/mol. The van der Waals surface area contributed by atoms with E-state index in [1.165, 1.54) is 17.8 Å². The highest BCUT2D eigenvalue weighted by Gasteiger charge is 2.48. The number of carbonyl (C=O) groups excluding carboxylic acids is 1. The van der Waals surface area contributed by atoms with E-state index in [2.05, 4.69) is 26.1 Å². The highest BCUT2D eigenvalue weighted by atomic mass is 35.5. The Balaban J connectivity index is 1.34. The number of aryl methyl sites for hydroxylation is 1. The minimum absolute atomic E-state index is 0.0281. The summed E-state index contributed by atoms with van der Waals surface area (Å²) < 4.78 is 40.2. The number of carbonyl (C=O) groups is 1. The van der Waals surface area contributed by atoms with Gasteiger partial charge in [-0.1, -0.05) is 11.6 Å². The van der Waals surface area contributed by atoms with E-state index < -0.39 is 32.2 Å². The van der Waals surface area contributed by atoms with E-state index >= 15 is 4.39 Å². The van der Waals surface area contributed by atoms with Gasteiger partial charge in [0, 0.05) is 38.4 Å². The molecule has 41 heavy (non-hydrogen) atoms. The first-order valence-corrected chi connectivity index (χ1v) is 15.4. The van der Waals surface area contributed by atoms with Gasteiger partial charge in [0.15, 0.2) is 12.0 Å². The van der Waals surface area contributed by atoms with Crippen LogP contribution in [-0.4, -0.2) is 47.0 Å². The van der Waals surface area contributed by atoms with E-state index in [9.17, 15) is 23.5 Å². The van der Waals surface area contributed by atoms with Gasteiger partial charge in [0.1, 0.15) is 17.0 Å². The molecule has 1 atom stereocenters. The fraction of sp³-hybridized carbons (Fsp3) is 0.250. The monoisotopic (exact) mass is 620 g/mol. The van der Waals surface area contributed by atoms with Gasteiger partial charge in [-0.2, -0.15) is 9.83 Å². The van der Waals surface area contributed by atoms with Crippen LogP contribution >= 0.6 is 22.9 Å². The lowest BCUT2D eigenvalue weighted by atomic mass is 9.95. The van der Waals surface area contributed by atoms with Gasteiger partial charge in [0.25, 0.3) is 5.91 Å². The summed E-state index contributed by atoms with van der Waals surface area (Å²) in [5.74, 6) is -2.01. The number of aromatic nitrogens is 3. The number of fused-ring (bicyclic) bond motifs is 1. The third-order valence-corrected chi connectivity index (χ3v) is 8.76. The zero-order valence-electron chi connectivity index (χ0n) is 21.2. The number of halogens is 2. The van der Waals surface area contributed by atoms with Crippen LogP contribution in [0.4, 0.5) is 4.39 Å². The van der Waals surface area contributed by atoms with Crippen molar-refractivity contribution < 1.29 is 27.4 Å². The number of allylic oxidation sites excluding steroid dienone is 4. The van der Waals surface area contributed by atoms with Gasteiger partial charge >= 0.3 is 0 Å². The second kappa shape index (κ2) is 9.92. The summed E-state index contributed by atoms with van der Waals surface area (Å²) in [7, 11) is -3.88. The quantitative estimate of drug-likeness (QED) is 0.202. The van der Waals surface area contributed by atoms with E-state index in [1.54, 1.807) is 22.1 Å². The summed E-state index contributed by atoms with van der Waals surface area (Å²) in [5, 5.41) is 32.7. The molecule has 1 aliphatic heterocycles. The minimum atomic E-state index is -3.88. The van der Waals surface area contributed by atoms with Crippen molar-refractivity contribution in [3.05, 3.63) is 79.2 Å². The molecule has 6 rings (SSSR count). The van der Waals surface area contributed by atoms with Crippen molar-refractivity contribution in [2.24, 2.45) is 5.10 Å². The van der Waals surface area contributed by atoms with Gasteiger partial charge in [0.2, 0.25) is 21.3 Å². The van der Waals surface area contributed by atoms with E-state index in [-0.39, 0.29) is 29.2 Å². The first-order chi connectivity index (χ1) is 19.4. The molecule has 13 nitrogen and oxygen atoms in total. The third kappa shape index (κ3) is 4.87. The maximum absolute atomic E-state index is 15.1. The maximum Gasteiger partial charge on any atom is 0.277 e. The van der Waals surface area contributed by atoms with Gasteiger partial charge in [0.05, 0.1) is 18.1 Å². The van der Waals surface area contributed by atoms with E-state index in [0.717, 1.165) is 28.9 Å². The molecule has 5 N–H and O–H groups in total. The van der Waals surface area contributed by atoms with Gasteiger partial charge < -0.3 is 15.3 Å². The highest BCUT2D eigenvalue weighted by Crippen LogP contribution is 2.42. The molecule has 1 amide bonds. The number of imidazole rings is 1. The van der Waals surface area contributed by atoms with Crippen LogP contribution in [0.1, 0.15) is 51.6 Å². The molecule has 214 valence electrons. The number of hydrogen-bond donors (Lipinski definition) is 5. The van der Waals surface area contributed by atoms with Gasteiger partial charge in [-0.3, -0.25) is 4.79 Å². The first kappa shape index (κ1) is 27.3. The Morgan fingerprint density at radius 3 is 2.90 bits per heavy atom. The second-order valence-corrected chi connectivity index (χ2v) is 12.8. The van der Waals surface area contributed by atoms with Crippen molar-refractivity contribution >= 4 is 50.8 Å². The number of thiophene rings is 1. The predicted octanol–water partition coefficient (Wildman–Crippen LogP) is 1.68. The average molecular weight is 621 g/mol. The Hall–Kier alpha value is -3.83. The van der Waals surface area contributed by atoms with Crippen LogP contribution in [0.25, 0.3) is 16.8 Å². The van der Waals surface area contributed by atoms with Crippen LogP contribution in [0, 0.1) is 11.0 Å². The number of nitrogens with zero attached hydrogens (tertiary/aromatic N) is 4. The number of hydrazine groups is 2. The molecular formula is C24H22ClFN8O5S2. The average Bonchev–Trinajstić information content (AvgIpc) is 3.70. The summed E-state index contributed by atoms with van der Waals surface area (Å²) in [6.45, 7) is 0. The Bertz CT molecular complexity index is 1800. The highest BCUT2D eigenvalue weighted by molar-refractivity contribution is 7.89. The molecule has 0 bridgehead atoms. The molecule has 0 radical (unpaired) electrons. The molecule has 0 aromatic carbocycles.